The number of thioether (sulfide) groups is 1. The number of carbonyl (C=O) groups excluding carboxylic acids is 2. The van der Waals surface area contributed by atoms with E-state index in [1.54, 1.807) is 0 Å². The zero-order valence-corrected chi connectivity index (χ0v) is 18.3. The second kappa shape index (κ2) is 12.6. The highest BCUT2D eigenvalue weighted by atomic mass is 32.2. The van der Waals surface area contributed by atoms with Gasteiger partial charge in [-0.25, -0.2) is 4.79 Å². The van der Waals surface area contributed by atoms with E-state index in [1.165, 1.54) is 28.5 Å². The normalized spacial score (nSPS) is 16.5. The standard InChI is InChI=1S/C22H33NO4S/c1-16(2)7-5-8-17(3)9-6-10-18(4)13-14-28-15-19(22(26)27)23-20(24)11-12-21(23)25/h7,9,13,19H,5-6,8,10-12,14-15H2,1-4H3,(H,26,27)/b17-9+,18-13+/t19-/m0/s1. The van der Waals surface area contributed by atoms with Gasteiger partial charge in [0.2, 0.25) is 11.8 Å². The summed E-state index contributed by atoms with van der Waals surface area (Å²) in [6, 6.07) is -1.06. The van der Waals surface area contributed by atoms with Crippen LogP contribution in [0.4, 0.5) is 0 Å². The Morgan fingerprint density at radius 1 is 1.00 bits per heavy atom. The van der Waals surface area contributed by atoms with Gasteiger partial charge in [-0.3, -0.25) is 14.5 Å². The second-order valence-corrected chi connectivity index (χ2v) is 8.58. The number of carboxylic acids is 1. The molecule has 1 aliphatic rings. The number of amides is 2. The number of allylic oxidation sites excluding steroid dienone is 5. The van der Waals surface area contributed by atoms with Crippen molar-refractivity contribution >= 4 is 29.5 Å². The van der Waals surface area contributed by atoms with Gasteiger partial charge in [-0.1, -0.05) is 34.9 Å². The predicted molar refractivity (Wildman–Crippen MR) is 115 cm³/mol. The molecule has 1 saturated heterocycles. The number of rotatable bonds is 12. The van der Waals surface area contributed by atoms with Crippen molar-refractivity contribution in [2.75, 3.05) is 11.5 Å². The average Bonchev–Trinajstić information content (AvgIpc) is 2.93. The lowest BCUT2D eigenvalue weighted by Gasteiger charge is -2.21. The first-order chi connectivity index (χ1) is 13.2. The summed E-state index contributed by atoms with van der Waals surface area (Å²) in [7, 11) is 0. The minimum Gasteiger partial charge on any atom is -0.480 e. The highest BCUT2D eigenvalue weighted by Gasteiger charge is 2.38. The van der Waals surface area contributed by atoms with Crippen LogP contribution in [0.25, 0.3) is 0 Å². The van der Waals surface area contributed by atoms with Crippen LogP contribution in [-0.4, -0.2) is 45.3 Å². The van der Waals surface area contributed by atoms with E-state index in [0.29, 0.717) is 5.75 Å². The number of hydrogen-bond acceptors (Lipinski definition) is 4. The van der Waals surface area contributed by atoms with E-state index < -0.39 is 12.0 Å². The minimum absolute atomic E-state index is 0.119. The molecule has 1 rings (SSSR count). The summed E-state index contributed by atoms with van der Waals surface area (Å²) in [5.74, 6) is -0.979. The van der Waals surface area contributed by atoms with Crippen molar-refractivity contribution in [2.45, 2.75) is 72.3 Å². The molecule has 156 valence electrons. The molecule has 0 aliphatic carbocycles. The van der Waals surface area contributed by atoms with E-state index in [1.807, 2.05) is 0 Å². The number of likely N-dealkylation sites (tertiary alicyclic amines) is 1. The first kappa shape index (κ1) is 24.2. The molecule has 2 amide bonds. The monoisotopic (exact) mass is 407 g/mol. The molecule has 0 unspecified atom stereocenters. The number of nitrogens with zero attached hydrogens (tertiary/aromatic N) is 1. The summed E-state index contributed by atoms with van der Waals surface area (Å²) in [5, 5.41) is 9.35. The number of carboxylic acid groups (broad SMARTS) is 1. The number of imide groups is 1. The predicted octanol–water partition coefficient (Wildman–Crippen LogP) is 4.74. The fourth-order valence-electron chi connectivity index (χ4n) is 2.92. The largest absolute Gasteiger partial charge is 0.480 e. The molecule has 0 saturated carbocycles. The van der Waals surface area contributed by atoms with Crippen LogP contribution in [0.5, 0.6) is 0 Å². The molecule has 0 bridgehead atoms. The summed E-state index contributed by atoms with van der Waals surface area (Å²) < 4.78 is 0. The molecule has 0 aromatic carbocycles. The molecular formula is C22H33NO4S. The van der Waals surface area contributed by atoms with Gasteiger partial charge < -0.3 is 5.11 Å². The van der Waals surface area contributed by atoms with Crippen molar-refractivity contribution in [3.8, 4) is 0 Å². The van der Waals surface area contributed by atoms with Crippen LogP contribution in [0, 0.1) is 0 Å². The molecule has 28 heavy (non-hydrogen) atoms. The topological polar surface area (TPSA) is 74.7 Å². The third-order valence-corrected chi connectivity index (χ3v) is 5.59. The first-order valence-corrected chi connectivity index (χ1v) is 11.0. The zero-order chi connectivity index (χ0) is 21.1. The van der Waals surface area contributed by atoms with Gasteiger partial charge in [0.15, 0.2) is 0 Å². The number of hydrogen-bond donors (Lipinski definition) is 1. The highest BCUT2D eigenvalue weighted by molar-refractivity contribution is 7.99. The van der Waals surface area contributed by atoms with Crippen LogP contribution >= 0.6 is 11.8 Å². The molecule has 1 aliphatic heterocycles. The van der Waals surface area contributed by atoms with Gasteiger partial charge in [-0.05, 0) is 53.4 Å². The van der Waals surface area contributed by atoms with Gasteiger partial charge in [-0.15, -0.1) is 0 Å². The minimum atomic E-state index is -1.12. The Balaban J connectivity index is 2.36. The van der Waals surface area contributed by atoms with E-state index >= 15 is 0 Å². The summed E-state index contributed by atoms with van der Waals surface area (Å²) in [6.45, 7) is 8.48. The lowest BCUT2D eigenvalue weighted by molar-refractivity contribution is -0.153. The first-order valence-electron chi connectivity index (χ1n) is 9.82. The van der Waals surface area contributed by atoms with Crippen LogP contribution in [0.2, 0.25) is 0 Å². The third kappa shape index (κ3) is 8.91. The highest BCUT2D eigenvalue weighted by Crippen LogP contribution is 2.19. The van der Waals surface area contributed by atoms with Crippen LogP contribution < -0.4 is 0 Å². The Morgan fingerprint density at radius 2 is 1.54 bits per heavy atom. The van der Waals surface area contributed by atoms with Crippen molar-refractivity contribution in [3.63, 3.8) is 0 Å². The van der Waals surface area contributed by atoms with Crippen molar-refractivity contribution in [3.05, 3.63) is 34.9 Å². The summed E-state index contributed by atoms with van der Waals surface area (Å²) >= 11 is 1.44. The van der Waals surface area contributed by atoms with E-state index in [-0.39, 0.29) is 30.4 Å². The Hall–Kier alpha value is -1.82. The number of carbonyl (C=O) groups is 3. The summed E-state index contributed by atoms with van der Waals surface area (Å²) in [6.07, 6.45) is 11.0. The molecule has 1 heterocycles. The lowest BCUT2D eigenvalue weighted by atomic mass is 10.1. The number of aliphatic carboxylic acids is 1. The second-order valence-electron chi connectivity index (χ2n) is 7.51. The lowest BCUT2D eigenvalue weighted by Crippen LogP contribution is -2.46. The van der Waals surface area contributed by atoms with Crippen LogP contribution in [0.3, 0.4) is 0 Å². The molecule has 1 atom stereocenters. The fraction of sp³-hybridized carbons (Fsp3) is 0.591. The Bertz CT molecular complexity index is 643. The summed E-state index contributed by atoms with van der Waals surface area (Å²) in [5.41, 5.74) is 4.03. The van der Waals surface area contributed by atoms with E-state index in [4.69, 9.17) is 0 Å². The molecule has 1 N–H and O–H groups in total. The van der Waals surface area contributed by atoms with Gasteiger partial charge in [0.1, 0.15) is 6.04 Å². The maximum atomic E-state index is 11.8. The van der Waals surface area contributed by atoms with Crippen molar-refractivity contribution in [1.82, 2.24) is 4.90 Å². The van der Waals surface area contributed by atoms with Crippen molar-refractivity contribution in [1.29, 1.82) is 0 Å². The Labute approximate surface area is 172 Å². The zero-order valence-electron chi connectivity index (χ0n) is 17.5. The smallest absolute Gasteiger partial charge is 0.327 e. The molecule has 0 aromatic rings. The van der Waals surface area contributed by atoms with E-state index in [0.717, 1.165) is 30.6 Å². The third-order valence-electron chi connectivity index (χ3n) is 4.63. The summed E-state index contributed by atoms with van der Waals surface area (Å²) in [4.78, 5) is 35.9. The molecule has 0 radical (unpaired) electrons. The quantitative estimate of drug-likeness (QED) is 0.287. The van der Waals surface area contributed by atoms with Gasteiger partial charge in [0.25, 0.3) is 0 Å². The fourth-order valence-corrected chi connectivity index (χ4v) is 3.97. The van der Waals surface area contributed by atoms with Crippen LogP contribution in [0.15, 0.2) is 34.9 Å². The van der Waals surface area contributed by atoms with Crippen molar-refractivity contribution < 1.29 is 19.5 Å². The SMILES string of the molecule is CC(C)=CCC/C(C)=C/CC/C(C)=C/CSC[C@@H](C(=O)O)N1C(=O)CCC1=O. The van der Waals surface area contributed by atoms with E-state index in [9.17, 15) is 19.5 Å². The Kier molecular flexibility index (Phi) is 10.9. The van der Waals surface area contributed by atoms with Crippen molar-refractivity contribution in [2.24, 2.45) is 0 Å². The van der Waals surface area contributed by atoms with Crippen LogP contribution in [-0.2, 0) is 14.4 Å². The maximum Gasteiger partial charge on any atom is 0.327 e. The van der Waals surface area contributed by atoms with Gasteiger partial charge in [0, 0.05) is 24.3 Å². The van der Waals surface area contributed by atoms with E-state index in [2.05, 4.69) is 45.9 Å². The van der Waals surface area contributed by atoms with Gasteiger partial charge in [0.05, 0.1) is 0 Å². The molecule has 5 nitrogen and oxygen atoms in total. The molecular weight excluding hydrogens is 374 g/mol. The maximum absolute atomic E-state index is 11.8. The molecule has 1 fully saturated rings. The van der Waals surface area contributed by atoms with Crippen LogP contribution in [0.1, 0.15) is 66.2 Å². The van der Waals surface area contributed by atoms with Gasteiger partial charge in [-0.2, -0.15) is 11.8 Å². The Morgan fingerprint density at radius 3 is 2.07 bits per heavy atom. The van der Waals surface area contributed by atoms with Gasteiger partial charge >= 0.3 is 5.97 Å². The molecule has 6 heteroatoms. The average molecular weight is 408 g/mol. The molecule has 0 spiro atoms. The molecule has 0 aromatic heterocycles.